The van der Waals surface area contributed by atoms with Crippen LogP contribution in [0.25, 0.3) is 0 Å². The van der Waals surface area contributed by atoms with Crippen LogP contribution in [-0.4, -0.2) is 13.4 Å². The van der Waals surface area contributed by atoms with Crippen molar-refractivity contribution in [2.75, 3.05) is 0 Å². The number of benzene rings is 1. The van der Waals surface area contributed by atoms with Gasteiger partial charge >= 0.3 is 0 Å². The molecule has 7 heteroatoms. The molecule has 0 unspecified atom stereocenters. The predicted molar refractivity (Wildman–Crippen MR) is 74.3 cm³/mol. The third-order valence-electron chi connectivity index (χ3n) is 2.97. The summed E-state index contributed by atoms with van der Waals surface area (Å²) in [6.45, 7) is 3.76. The van der Waals surface area contributed by atoms with E-state index in [9.17, 15) is 8.42 Å². The molecule has 0 bridgehead atoms. The number of sulfonamides is 1. The molecule has 0 fully saturated rings. The summed E-state index contributed by atoms with van der Waals surface area (Å²) >= 11 is 0. The van der Waals surface area contributed by atoms with Gasteiger partial charge < -0.3 is 10.2 Å². The van der Waals surface area contributed by atoms with E-state index in [1.54, 1.807) is 32.0 Å². The van der Waals surface area contributed by atoms with E-state index in [-0.39, 0.29) is 18.0 Å². The minimum absolute atomic E-state index is 0.00984. The van der Waals surface area contributed by atoms with Gasteiger partial charge in [-0.15, -0.1) is 0 Å². The second-order valence-electron chi connectivity index (χ2n) is 4.39. The number of nitrogens with zero attached hydrogens (tertiary/aromatic N) is 1. The van der Waals surface area contributed by atoms with Gasteiger partial charge in [0.1, 0.15) is 5.76 Å². The monoisotopic (exact) mass is 295 g/mol. The first-order valence-electron chi connectivity index (χ1n) is 6.14. The Kier molecular flexibility index (Phi) is 4.22. The van der Waals surface area contributed by atoms with Crippen LogP contribution in [-0.2, 0) is 23.1 Å². The Morgan fingerprint density at radius 3 is 2.60 bits per heavy atom. The predicted octanol–water partition coefficient (Wildman–Crippen LogP) is 1.23. The Morgan fingerprint density at radius 1 is 1.30 bits per heavy atom. The summed E-state index contributed by atoms with van der Waals surface area (Å²) in [6, 6.07) is 6.62. The maximum absolute atomic E-state index is 12.2. The third kappa shape index (κ3) is 3.06. The molecular weight excluding hydrogens is 278 g/mol. The van der Waals surface area contributed by atoms with Gasteiger partial charge in [0.05, 0.1) is 17.1 Å². The average molecular weight is 295 g/mol. The van der Waals surface area contributed by atoms with Gasteiger partial charge in [-0.2, -0.15) is 0 Å². The molecule has 0 atom stereocenters. The van der Waals surface area contributed by atoms with Gasteiger partial charge in [0.15, 0.2) is 0 Å². The van der Waals surface area contributed by atoms with Crippen LogP contribution in [0.4, 0.5) is 0 Å². The first-order chi connectivity index (χ1) is 9.44. The number of nitrogens with one attached hydrogen (secondary N) is 1. The smallest absolute Gasteiger partial charge is 0.241 e. The Balaban J connectivity index is 2.19. The highest BCUT2D eigenvalue weighted by Gasteiger charge is 2.18. The van der Waals surface area contributed by atoms with E-state index >= 15 is 0 Å². The van der Waals surface area contributed by atoms with Crippen LogP contribution < -0.4 is 10.5 Å². The molecule has 0 saturated carbocycles. The lowest BCUT2D eigenvalue weighted by Gasteiger charge is -2.09. The lowest BCUT2D eigenvalue weighted by atomic mass is 10.2. The maximum atomic E-state index is 12.2. The first kappa shape index (κ1) is 14.7. The topological polar surface area (TPSA) is 98.2 Å². The van der Waals surface area contributed by atoms with Gasteiger partial charge in [0, 0.05) is 6.54 Å². The molecule has 2 aromatic rings. The van der Waals surface area contributed by atoms with Crippen molar-refractivity contribution in [3.8, 4) is 0 Å². The summed E-state index contributed by atoms with van der Waals surface area (Å²) in [7, 11) is -3.63. The third-order valence-corrected chi connectivity index (χ3v) is 4.47. The Hall–Kier alpha value is -1.70. The van der Waals surface area contributed by atoms with Gasteiger partial charge in [0.2, 0.25) is 15.9 Å². The molecule has 20 heavy (non-hydrogen) atoms. The molecule has 0 aliphatic carbocycles. The SMILES string of the molecule is Cc1nc(CNS(=O)(=O)c2ccccc2CN)oc1C. The van der Waals surface area contributed by atoms with E-state index in [4.69, 9.17) is 10.2 Å². The largest absolute Gasteiger partial charge is 0.444 e. The zero-order valence-electron chi connectivity index (χ0n) is 11.4. The Bertz CT molecular complexity index is 688. The summed E-state index contributed by atoms with van der Waals surface area (Å²) < 4.78 is 32.3. The number of oxazole rings is 1. The number of hydrogen-bond acceptors (Lipinski definition) is 5. The minimum atomic E-state index is -3.63. The second-order valence-corrected chi connectivity index (χ2v) is 6.12. The van der Waals surface area contributed by atoms with Crippen molar-refractivity contribution in [3.05, 3.63) is 47.2 Å². The molecule has 108 valence electrons. The van der Waals surface area contributed by atoms with Crippen molar-refractivity contribution in [2.24, 2.45) is 5.73 Å². The summed E-state index contributed by atoms with van der Waals surface area (Å²) in [5.74, 6) is 1.02. The normalized spacial score (nSPS) is 11.8. The number of aryl methyl sites for hydroxylation is 2. The highest BCUT2D eigenvalue weighted by atomic mass is 32.2. The van der Waals surface area contributed by atoms with Crippen molar-refractivity contribution in [1.82, 2.24) is 9.71 Å². The minimum Gasteiger partial charge on any atom is -0.444 e. The van der Waals surface area contributed by atoms with Gasteiger partial charge in [0.25, 0.3) is 0 Å². The van der Waals surface area contributed by atoms with Crippen LogP contribution in [0.1, 0.15) is 22.9 Å². The molecule has 0 saturated heterocycles. The van der Waals surface area contributed by atoms with Gasteiger partial charge in [-0.1, -0.05) is 18.2 Å². The molecule has 3 N–H and O–H groups in total. The highest BCUT2D eigenvalue weighted by molar-refractivity contribution is 7.89. The van der Waals surface area contributed by atoms with E-state index in [0.29, 0.717) is 17.2 Å². The standard InChI is InChI=1S/C13H17N3O3S/c1-9-10(2)19-13(16-9)8-15-20(17,18)12-6-4-3-5-11(12)7-14/h3-6,15H,7-8,14H2,1-2H3. The molecule has 6 nitrogen and oxygen atoms in total. The number of hydrogen-bond donors (Lipinski definition) is 2. The van der Waals surface area contributed by atoms with E-state index in [2.05, 4.69) is 9.71 Å². The molecule has 1 heterocycles. The van der Waals surface area contributed by atoms with Crippen LogP contribution in [0.2, 0.25) is 0 Å². The van der Waals surface area contributed by atoms with Crippen molar-refractivity contribution in [2.45, 2.75) is 31.8 Å². The van der Waals surface area contributed by atoms with Crippen LogP contribution in [0.3, 0.4) is 0 Å². The zero-order chi connectivity index (χ0) is 14.8. The van der Waals surface area contributed by atoms with E-state index in [0.717, 1.165) is 5.69 Å². The number of aromatic nitrogens is 1. The summed E-state index contributed by atoms with van der Waals surface area (Å²) in [5, 5.41) is 0. The van der Waals surface area contributed by atoms with Gasteiger partial charge in [-0.05, 0) is 25.5 Å². The van der Waals surface area contributed by atoms with E-state index in [1.165, 1.54) is 6.07 Å². The molecule has 0 aliphatic heterocycles. The molecule has 1 aromatic heterocycles. The molecular formula is C13H17N3O3S. The lowest BCUT2D eigenvalue weighted by molar-refractivity contribution is 0.463. The van der Waals surface area contributed by atoms with Crippen LogP contribution in [0.15, 0.2) is 33.6 Å². The molecule has 2 rings (SSSR count). The summed E-state index contributed by atoms with van der Waals surface area (Å²) in [6.07, 6.45) is 0. The second kappa shape index (κ2) is 5.74. The van der Waals surface area contributed by atoms with Crippen molar-refractivity contribution >= 4 is 10.0 Å². The summed E-state index contributed by atoms with van der Waals surface area (Å²) in [4.78, 5) is 4.31. The van der Waals surface area contributed by atoms with Crippen LogP contribution in [0, 0.1) is 13.8 Å². The Labute approximate surface area is 118 Å². The van der Waals surface area contributed by atoms with E-state index < -0.39 is 10.0 Å². The summed E-state index contributed by atoms with van der Waals surface area (Å²) in [5.41, 5.74) is 6.88. The number of rotatable bonds is 5. The first-order valence-corrected chi connectivity index (χ1v) is 7.63. The maximum Gasteiger partial charge on any atom is 0.241 e. The van der Waals surface area contributed by atoms with Gasteiger partial charge in [-0.25, -0.2) is 18.1 Å². The van der Waals surface area contributed by atoms with Crippen molar-refractivity contribution in [1.29, 1.82) is 0 Å². The molecule has 0 aliphatic rings. The van der Waals surface area contributed by atoms with Crippen molar-refractivity contribution < 1.29 is 12.8 Å². The van der Waals surface area contributed by atoms with E-state index in [1.807, 2.05) is 0 Å². The zero-order valence-corrected chi connectivity index (χ0v) is 12.2. The average Bonchev–Trinajstić information content (AvgIpc) is 2.76. The fourth-order valence-electron chi connectivity index (χ4n) is 1.78. The molecule has 0 spiro atoms. The molecule has 0 amide bonds. The molecule has 1 aromatic carbocycles. The van der Waals surface area contributed by atoms with Crippen LogP contribution >= 0.6 is 0 Å². The number of nitrogens with two attached hydrogens (primary N) is 1. The Morgan fingerprint density at radius 2 is 2.00 bits per heavy atom. The fraction of sp³-hybridized carbons (Fsp3) is 0.308. The highest BCUT2D eigenvalue weighted by Crippen LogP contribution is 2.15. The lowest BCUT2D eigenvalue weighted by Crippen LogP contribution is -2.25. The molecule has 0 radical (unpaired) electrons. The van der Waals surface area contributed by atoms with Crippen molar-refractivity contribution in [3.63, 3.8) is 0 Å². The quantitative estimate of drug-likeness (QED) is 0.864. The van der Waals surface area contributed by atoms with Crippen LogP contribution in [0.5, 0.6) is 0 Å². The van der Waals surface area contributed by atoms with Gasteiger partial charge in [-0.3, -0.25) is 0 Å². The fourth-order valence-corrected chi connectivity index (χ4v) is 3.01.